The number of nitro groups is 2. The van der Waals surface area contributed by atoms with Gasteiger partial charge in [-0.1, -0.05) is 97.1 Å². The van der Waals surface area contributed by atoms with Crippen molar-refractivity contribution in [2.45, 2.75) is 0 Å². The molecule has 0 unspecified atom stereocenters. The molecule has 4 N–H and O–H groups in total. The SMILES string of the molecule is COC(=O)c1cc2[nH]c1C(c1ccc(N(c3ccccc3)c3ccccc3)cc1)=c1[nH]c(cc1C(=O)OC)=C(c1ccc([N+](=O)[O-])cc1)c1cc(C(=O)OC)c([nH]1)C(c1ccc(N(c3ccccc3)c3ccccc3)cc1)=c1[nH]c(cc1C(=O)OC)=C2c1ccc([N+](=O)[O-])cc1. The van der Waals surface area contributed by atoms with Gasteiger partial charge in [-0.2, -0.15) is 0 Å². The largest absolute Gasteiger partial charge is 0.465 e. The number of nitrogens with one attached hydrogen (secondary N) is 4. The van der Waals surface area contributed by atoms with E-state index in [1.54, 1.807) is 24.3 Å². The van der Waals surface area contributed by atoms with Crippen LogP contribution in [0.15, 0.2) is 243 Å². The van der Waals surface area contributed by atoms with Crippen LogP contribution in [0.1, 0.15) is 86.5 Å². The fraction of sp³-hybridized carbons (Fsp3) is 0.0526. The second-order valence-corrected chi connectivity index (χ2v) is 22.1. The molecule has 0 saturated carbocycles. The van der Waals surface area contributed by atoms with Crippen LogP contribution in [0.3, 0.4) is 0 Å². The van der Waals surface area contributed by atoms with Crippen LogP contribution in [0.5, 0.6) is 0 Å². The average molecular weight is 1270 g/mol. The number of hydrogen-bond donors (Lipinski definition) is 4. The highest BCUT2D eigenvalue weighted by molar-refractivity contribution is 6.03. The molecular weight excluding hydrogens is 1220 g/mol. The molecule has 1 aliphatic heterocycles. The quantitative estimate of drug-likeness (QED) is 0.0304. The van der Waals surface area contributed by atoms with Crippen molar-refractivity contribution in [2.75, 3.05) is 38.2 Å². The highest BCUT2D eigenvalue weighted by atomic mass is 16.6. The lowest BCUT2D eigenvalue weighted by Gasteiger charge is -2.25. The summed E-state index contributed by atoms with van der Waals surface area (Å²) in [5.41, 5.74) is 7.46. The maximum Gasteiger partial charge on any atom is 0.340 e. The second kappa shape index (κ2) is 26.1. The number of hydrogen-bond acceptors (Lipinski definition) is 14. The number of nitrogens with zero attached hydrogens (tertiary/aromatic N) is 4. The normalized spacial score (nSPS) is 11.8. The molecule has 0 saturated heterocycles. The zero-order valence-corrected chi connectivity index (χ0v) is 51.8. The highest BCUT2D eigenvalue weighted by Gasteiger charge is 2.31. The molecule has 0 fully saturated rings. The number of carbonyl (C=O) groups is 4. The molecule has 13 rings (SSSR count). The van der Waals surface area contributed by atoms with Gasteiger partial charge in [0.25, 0.3) is 11.4 Å². The smallest absolute Gasteiger partial charge is 0.340 e. The first-order chi connectivity index (χ1) is 46.7. The second-order valence-electron chi connectivity index (χ2n) is 22.1. The number of nitro benzene ring substituents is 2. The molecule has 4 aromatic heterocycles. The van der Waals surface area contributed by atoms with Gasteiger partial charge in [-0.25, -0.2) is 19.2 Å². The van der Waals surface area contributed by atoms with Crippen LogP contribution >= 0.6 is 0 Å². The summed E-state index contributed by atoms with van der Waals surface area (Å²) in [6.45, 7) is 0. The van der Waals surface area contributed by atoms with Crippen LogP contribution in [-0.4, -0.2) is 82.1 Å². The van der Waals surface area contributed by atoms with E-state index in [1.165, 1.54) is 77.0 Å². The number of H-pyrrole nitrogens is 4. The van der Waals surface area contributed by atoms with Crippen molar-refractivity contribution in [3.05, 3.63) is 352 Å². The maximum absolute atomic E-state index is 14.8. The molecule has 20 nitrogen and oxygen atoms in total. The number of aromatic amines is 4. The maximum atomic E-state index is 14.8. The molecule has 0 aliphatic carbocycles. The van der Waals surface area contributed by atoms with Crippen LogP contribution in [0.25, 0.3) is 22.3 Å². The van der Waals surface area contributed by atoms with E-state index in [9.17, 15) is 39.4 Å². The topological polar surface area (TPSA) is 261 Å². The summed E-state index contributed by atoms with van der Waals surface area (Å²) in [5, 5.41) is 25.3. The molecule has 0 amide bonds. The minimum absolute atomic E-state index is 0.0410. The molecular formula is C76H56N8O12. The Balaban J connectivity index is 1.21. The van der Waals surface area contributed by atoms with E-state index in [-0.39, 0.29) is 100 Å². The zero-order valence-electron chi connectivity index (χ0n) is 51.8. The first-order valence-electron chi connectivity index (χ1n) is 30.0. The predicted molar refractivity (Wildman–Crippen MR) is 362 cm³/mol. The Morgan fingerprint density at radius 2 is 0.583 bits per heavy atom. The predicted octanol–water partition coefficient (Wildman–Crippen LogP) is 12.2. The van der Waals surface area contributed by atoms with E-state index in [1.807, 2.05) is 170 Å². The van der Waals surface area contributed by atoms with Gasteiger partial charge in [-0.05, 0) is 144 Å². The third-order valence-electron chi connectivity index (χ3n) is 16.6. The Morgan fingerprint density at radius 1 is 0.323 bits per heavy atom. The number of rotatable bonds is 16. The first kappa shape index (κ1) is 61.5. The molecule has 20 heteroatoms. The zero-order chi connectivity index (χ0) is 66.7. The van der Waals surface area contributed by atoms with E-state index in [0.717, 1.165) is 34.1 Å². The van der Waals surface area contributed by atoms with Crippen molar-refractivity contribution in [3.8, 4) is 0 Å². The van der Waals surface area contributed by atoms with E-state index < -0.39 is 33.7 Å². The van der Waals surface area contributed by atoms with Crippen LogP contribution in [0.2, 0.25) is 0 Å². The van der Waals surface area contributed by atoms with E-state index in [0.29, 0.717) is 22.3 Å². The molecule has 0 atom stereocenters. The van der Waals surface area contributed by atoms with Crippen LogP contribution in [0, 0.1) is 20.2 Å². The summed E-state index contributed by atoms with van der Waals surface area (Å²) in [4.78, 5) is 101. The number of ether oxygens (including phenoxy) is 4. The average Bonchev–Trinajstić information content (AvgIpc) is 1.59. The summed E-state index contributed by atoms with van der Waals surface area (Å²) in [6.07, 6.45) is 0. The van der Waals surface area contributed by atoms with Crippen molar-refractivity contribution in [3.63, 3.8) is 0 Å². The molecule has 8 aromatic carbocycles. The lowest BCUT2D eigenvalue weighted by molar-refractivity contribution is -0.385. The fourth-order valence-corrected chi connectivity index (χ4v) is 12.2. The number of carbonyl (C=O) groups excluding carboxylic acids is 4. The lowest BCUT2D eigenvalue weighted by Crippen LogP contribution is -2.23. The van der Waals surface area contributed by atoms with Crippen molar-refractivity contribution in [1.29, 1.82) is 0 Å². The van der Waals surface area contributed by atoms with Crippen molar-refractivity contribution in [1.82, 2.24) is 19.9 Å². The molecule has 0 radical (unpaired) electrons. The Bertz CT molecular complexity index is 4870. The molecule has 472 valence electrons. The molecule has 1 aliphatic rings. The number of aromatic nitrogens is 4. The van der Waals surface area contributed by atoms with Crippen LogP contribution in [-0.2, 0) is 18.9 Å². The van der Waals surface area contributed by atoms with Gasteiger partial charge in [-0.3, -0.25) is 20.2 Å². The van der Waals surface area contributed by atoms with Gasteiger partial charge in [0.1, 0.15) is 0 Å². The fourth-order valence-electron chi connectivity index (χ4n) is 12.2. The van der Waals surface area contributed by atoms with Crippen molar-refractivity contribution >= 4 is 91.7 Å². The summed E-state index contributed by atoms with van der Waals surface area (Å²) in [5.74, 6) is -3.28. The van der Waals surface area contributed by atoms with Gasteiger partial charge in [0, 0.05) is 103 Å². The third-order valence-corrected chi connectivity index (χ3v) is 16.6. The molecule has 96 heavy (non-hydrogen) atoms. The van der Waals surface area contributed by atoms with Crippen molar-refractivity contribution < 1.29 is 48.0 Å². The molecule has 0 spiro atoms. The third kappa shape index (κ3) is 11.5. The lowest BCUT2D eigenvalue weighted by atomic mass is 9.97. The van der Waals surface area contributed by atoms with Gasteiger partial charge >= 0.3 is 23.9 Å². The monoisotopic (exact) mass is 1270 g/mol. The van der Waals surface area contributed by atoms with Gasteiger partial charge in [0.2, 0.25) is 0 Å². The Labute approximate surface area is 546 Å². The number of benzene rings is 8. The van der Waals surface area contributed by atoms with Crippen LogP contribution < -0.4 is 31.2 Å². The Morgan fingerprint density at radius 3 is 0.865 bits per heavy atom. The highest BCUT2D eigenvalue weighted by Crippen LogP contribution is 2.39. The van der Waals surface area contributed by atoms with Gasteiger partial charge in [0.15, 0.2) is 0 Å². The van der Waals surface area contributed by atoms with E-state index in [4.69, 9.17) is 18.9 Å². The summed E-state index contributed by atoms with van der Waals surface area (Å²) < 4.78 is 22.4. The van der Waals surface area contributed by atoms with Crippen LogP contribution in [0.4, 0.5) is 45.5 Å². The Hall–Kier alpha value is -13.4. The summed E-state index contributed by atoms with van der Waals surface area (Å²) in [7, 11) is 4.89. The van der Waals surface area contributed by atoms with Gasteiger partial charge in [0.05, 0.1) is 82.6 Å². The molecule has 12 aromatic rings. The minimum atomic E-state index is -0.819. The summed E-state index contributed by atoms with van der Waals surface area (Å²) >= 11 is 0. The van der Waals surface area contributed by atoms with Crippen molar-refractivity contribution in [2.24, 2.45) is 0 Å². The standard InChI is InChI=1S/C76H56N8O12/c1-93-73(85)57-41-61-65(45-29-37-55(38-30-45)83(89)90)62-43-59(75(87)95-3)71(79-62)68(48-27-35-54(36-28-48)82(51-21-13-7-14-22-51)52-23-15-8-16-24-52)72-60(76(88)96-4)44-64(80-72)66(46-31-39-56(40-32-46)84(91)92)63-42-58(74(86)94-2)70(78-63)67(69(57)77-61)47-25-33-53(34-26-47)81(49-17-9-5-10-18-49)50-19-11-6-12-20-50/h5-44,77-80H,1-4H3. The minimum Gasteiger partial charge on any atom is -0.465 e. The number of non-ortho nitro benzene ring substituents is 2. The number of methoxy groups -OCH3 is 4. The number of fused-ring (bicyclic) bond motifs is 8. The number of anilines is 6. The molecule has 8 bridgehead atoms. The van der Waals surface area contributed by atoms with Gasteiger partial charge in [-0.15, -0.1) is 0 Å². The van der Waals surface area contributed by atoms with E-state index >= 15 is 0 Å². The molecule has 5 heterocycles. The summed E-state index contributed by atoms with van der Waals surface area (Å²) in [6, 6.07) is 71.5. The number of esters is 4. The Kier molecular flexibility index (Phi) is 16.7. The van der Waals surface area contributed by atoms with E-state index in [2.05, 4.69) is 29.7 Å². The first-order valence-corrected chi connectivity index (χ1v) is 30.0. The number of para-hydroxylation sites is 4. The van der Waals surface area contributed by atoms with Gasteiger partial charge < -0.3 is 48.7 Å².